The van der Waals surface area contributed by atoms with Crippen LogP contribution in [0.2, 0.25) is 0 Å². The zero-order valence-electron chi connectivity index (χ0n) is 23.0. The summed E-state index contributed by atoms with van der Waals surface area (Å²) in [6.07, 6.45) is 6.99. The SMILES string of the molecule is Cc1cc(C)c(-c2ccccn2)[c-]c1-c1ccccn1.[CH-]=Cc1ccccc1.[Ir+3].[c-]1ccccc1-c1ccccn1. The summed E-state index contributed by atoms with van der Waals surface area (Å²) in [5.41, 5.74) is 9.41. The average molecular weight is 709 g/mol. The van der Waals surface area contributed by atoms with Crippen LogP contribution in [0.15, 0.2) is 134 Å². The predicted octanol–water partition coefficient (Wildman–Crippen LogP) is 8.91. The molecule has 0 radical (unpaired) electrons. The van der Waals surface area contributed by atoms with Crippen molar-refractivity contribution < 1.29 is 20.1 Å². The van der Waals surface area contributed by atoms with Crippen LogP contribution in [0.25, 0.3) is 39.8 Å². The van der Waals surface area contributed by atoms with E-state index in [0.29, 0.717) is 0 Å². The molecular weight excluding hydrogens is 679 g/mol. The van der Waals surface area contributed by atoms with E-state index in [-0.39, 0.29) is 20.1 Å². The predicted molar refractivity (Wildman–Crippen MR) is 165 cm³/mol. The fourth-order valence-corrected chi connectivity index (χ4v) is 3.98. The molecule has 0 aliphatic rings. The second-order valence-electron chi connectivity index (χ2n) is 8.88. The van der Waals surface area contributed by atoms with Gasteiger partial charge in [0.25, 0.3) is 0 Å². The Balaban J connectivity index is 0.000000187. The summed E-state index contributed by atoms with van der Waals surface area (Å²) in [6.45, 7) is 9.41. The molecule has 3 nitrogen and oxygen atoms in total. The van der Waals surface area contributed by atoms with Crippen molar-refractivity contribution in [2.45, 2.75) is 13.8 Å². The van der Waals surface area contributed by atoms with E-state index in [1.165, 1.54) is 11.1 Å². The Morgan fingerprint density at radius 2 is 1.07 bits per heavy atom. The van der Waals surface area contributed by atoms with Gasteiger partial charge in [-0.05, 0) is 23.9 Å². The van der Waals surface area contributed by atoms with E-state index in [1.807, 2.05) is 122 Å². The number of aryl methyl sites for hydroxylation is 2. The molecule has 6 rings (SSSR count). The van der Waals surface area contributed by atoms with Crippen LogP contribution in [0.5, 0.6) is 0 Å². The van der Waals surface area contributed by atoms with E-state index in [2.05, 4.69) is 47.0 Å². The summed E-state index contributed by atoms with van der Waals surface area (Å²) in [5.74, 6) is 0. The number of hydrogen-bond acceptors (Lipinski definition) is 3. The summed E-state index contributed by atoms with van der Waals surface area (Å²) in [6, 6.07) is 44.1. The minimum absolute atomic E-state index is 0. The first-order chi connectivity index (χ1) is 19.7. The number of rotatable bonds is 4. The molecule has 0 fully saturated rings. The molecule has 3 heterocycles. The Morgan fingerprint density at radius 3 is 1.49 bits per heavy atom. The Morgan fingerprint density at radius 1 is 0.585 bits per heavy atom. The molecule has 0 unspecified atom stereocenters. The van der Waals surface area contributed by atoms with Gasteiger partial charge in [-0.3, -0.25) is 16.5 Å². The van der Waals surface area contributed by atoms with Gasteiger partial charge in [-0.2, -0.15) is 5.56 Å². The Kier molecular flexibility index (Phi) is 12.5. The maximum absolute atomic E-state index is 5.22. The van der Waals surface area contributed by atoms with Crippen LogP contribution in [-0.2, 0) is 20.1 Å². The topological polar surface area (TPSA) is 38.7 Å². The van der Waals surface area contributed by atoms with Crippen LogP contribution in [0.4, 0.5) is 0 Å². The molecule has 0 saturated carbocycles. The van der Waals surface area contributed by atoms with Crippen LogP contribution >= 0.6 is 0 Å². The number of pyridine rings is 3. The van der Waals surface area contributed by atoms with Crippen molar-refractivity contribution in [3.05, 3.63) is 169 Å². The Bertz CT molecular complexity index is 1490. The largest absolute Gasteiger partial charge is 3.00 e. The van der Waals surface area contributed by atoms with Gasteiger partial charge < -0.3 is 4.98 Å². The molecular formula is C37H30IrN3. The summed E-state index contributed by atoms with van der Waals surface area (Å²) in [5, 5.41) is 0. The van der Waals surface area contributed by atoms with Gasteiger partial charge in [0.1, 0.15) is 0 Å². The summed E-state index contributed by atoms with van der Waals surface area (Å²) in [4.78, 5) is 13.1. The first kappa shape index (κ1) is 31.0. The van der Waals surface area contributed by atoms with Crippen molar-refractivity contribution in [2.75, 3.05) is 0 Å². The number of benzene rings is 3. The van der Waals surface area contributed by atoms with E-state index >= 15 is 0 Å². The van der Waals surface area contributed by atoms with Gasteiger partial charge in [0.15, 0.2) is 0 Å². The van der Waals surface area contributed by atoms with Gasteiger partial charge in [-0.1, -0.05) is 79.6 Å². The zero-order chi connectivity index (χ0) is 28.0. The second kappa shape index (κ2) is 16.6. The van der Waals surface area contributed by atoms with Crippen molar-refractivity contribution in [1.29, 1.82) is 0 Å². The van der Waals surface area contributed by atoms with Crippen molar-refractivity contribution in [3.8, 4) is 33.8 Å². The third-order valence-corrected chi connectivity index (χ3v) is 5.96. The molecule has 0 saturated heterocycles. The van der Waals surface area contributed by atoms with Gasteiger partial charge in [0.05, 0.1) is 0 Å². The fourth-order valence-electron chi connectivity index (χ4n) is 3.98. The van der Waals surface area contributed by atoms with E-state index < -0.39 is 0 Å². The van der Waals surface area contributed by atoms with E-state index in [4.69, 9.17) is 6.58 Å². The van der Waals surface area contributed by atoms with Crippen LogP contribution < -0.4 is 0 Å². The van der Waals surface area contributed by atoms with Crippen molar-refractivity contribution in [2.24, 2.45) is 0 Å². The van der Waals surface area contributed by atoms with Crippen LogP contribution in [-0.4, -0.2) is 15.0 Å². The molecule has 202 valence electrons. The minimum Gasteiger partial charge on any atom is -0.305 e. The van der Waals surface area contributed by atoms with E-state index in [1.54, 1.807) is 12.3 Å². The maximum atomic E-state index is 5.22. The quantitative estimate of drug-likeness (QED) is 0.172. The monoisotopic (exact) mass is 709 g/mol. The summed E-state index contributed by atoms with van der Waals surface area (Å²) < 4.78 is 0. The van der Waals surface area contributed by atoms with Crippen molar-refractivity contribution in [3.63, 3.8) is 0 Å². The molecule has 0 amide bonds. The fraction of sp³-hybridized carbons (Fsp3) is 0.0541. The summed E-state index contributed by atoms with van der Waals surface area (Å²) in [7, 11) is 0. The Labute approximate surface area is 257 Å². The number of nitrogens with zero attached hydrogens (tertiary/aromatic N) is 3. The van der Waals surface area contributed by atoms with Gasteiger partial charge in [-0.15, -0.1) is 71.3 Å². The van der Waals surface area contributed by atoms with Gasteiger partial charge in [-0.25, -0.2) is 6.08 Å². The normalized spacial score (nSPS) is 9.61. The molecule has 0 N–H and O–H groups in total. The van der Waals surface area contributed by atoms with Gasteiger partial charge in [0, 0.05) is 30.0 Å². The van der Waals surface area contributed by atoms with E-state index in [9.17, 15) is 0 Å². The first-order valence-electron chi connectivity index (χ1n) is 13.0. The average Bonchev–Trinajstić information content (AvgIpc) is 3.04. The smallest absolute Gasteiger partial charge is 0.305 e. The molecule has 0 bridgehead atoms. The van der Waals surface area contributed by atoms with Crippen LogP contribution in [0, 0.1) is 32.6 Å². The molecule has 3 aromatic carbocycles. The second-order valence-corrected chi connectivity index (χ2v) is 8.88. The molecule has 6 aromatic rings. The molecule has 0 aliphatic carbocycles. The molecule has 41 heavy (non-hydrogen) atoms. The van der Waals surface area contributed by atoms with Gasteiger partial charge in [0.2, 0.25) is 0 Å². The van der Waals surface area contributed by atoms with Gasteiger partial charge >= 0.3 is 20.1 Å². The Hall–Kier alpha value is -4.50. The van der Waals surface area contributed by atoms with E-state index in [0.717, 1.165) is 39.3 Å². The third kappa shape index (κ3) is 9.29. The third-order valence-electron chi connectivity index (χ3n) is 5.96. The molecule has 3 aromatic heterocycles. The number of hydrogen-bond donors (Lipinski definition) is 0. The molecule has 0 aliphatic heterocycles. The molecule has 0 spiro atoms. The molecule has 4 heteroatoms. The number of aromatic nitrogens is 3. The van der Waals surface area contributed by atoms with Crippen molar-refractivity contribution >= 4 is 6.08 Å². The molecule has 0 atom stereocenters. The maximum Gasteiger partial charge on any atom is 3.00 e. The van der Waals surface area contributed by atoms with Crippen LogP contribution in [0.3, 0.4) is 0 Å². The standard InChI is InChI=1S/C18H15N2.C11H8N.C8H7.Ir/c1-13-11-14(2)16(18-8-4-6-10-20-18)12-15(13)17-7-3-5-9-19-17;1-2-6-10(7-3-1)11-8-4-5-9-12-11;1-2-8-6-4-3-5-7-8;/h3-11H,1-2H3;1-6,8-9H;1-7H;/q3*-1;+3. The zero-order valence-corrected chi connectivity index (χ0v) is 25.4. The minimum atomic E-state index is 0. The summed E-state index contributed by atoms with van der Waals surface area (Å²) >= 11 is 0. The first-order valence-corrected chi connectivity index (χ1v) is 13.0. The van der Waals surface area contributed by atoms with Crippen molar-refractivity contribution in [1.82, 2.24) is 15.0 Å². The van der Waals surface area contributed by atoms with Crippen LogP contribution in [0.1, 0.15) is 16.7 Å².